The van der Waals surface area contributed by atoms with Gasteiger partial charge in [0.15, 0.2) is 0 Å². The van der Waals surface area contributed by atoms with Crippen molar-refractivity contribution in [3.63, 3.8) is 0 Å². The molecule has 0 aliphatic carbocycles. The van der Waals surface area contributed by atoms with Gasteiger partial charge in [0.25, 0.3) is 0 Å². The zero-order valence-corrected chi connectivity index (χ0v) is 26.7. The van der Waals surface area contributed by atoms with E-state index in [0.717, 1.165) is 76.0 Å². The lowest BCUT2D eigenvalue weighted by Crippen LogP contribution is -2.34. The number of hydrogen-bond donors (Lipinski definition) is 0. The first-order chi connectivity index (χ1) is 21.1. The third kappa shape index (κ3) is 5.21. The summed E-state index contributed by atoms with van der Waals surface area (Å²) >= 11 is 0. The van der Waals surface area contributed by atoms with Gasteiger partial charge in [0.05, 0.1) is 18.0 Å². The molecule has 5 aromatic rings. The number of benzene rings is 3. The highest BCUT2D eigenvalue weighted by Crippen LogP contribution is 2.44. The molecule has 0 fully saturated rings. The molecular weight excluding hydrogens is 550 g/mol. The fourth-order valence-corrected chi connectivity index (χ4v) is 6.76. The number of fused-ring (bicyclic) bond motifs is 4. The van der Waals surface area contributed by atoms with E-state index in [2.05, 4.69) is 83.4 Å². The van der Waals surface area contributed by atoms with E-state index in [0.29, 0.717) is 0 Å². The topological polar surface area (TPSA) is 82.4 Å². The number of nitrogens with zero attached hydrogens (tertiary/aromatic N) is 5. The first kappa shape index (κ1) is 29.8. The second-order valence-corrected chi connectivity index (χ2v) is 12.6. The third-order valence-electron chi connectivity index (χ3n) is 9.33. The number of esters is 1. The monoisotopic (exact) mass is 591 g/mol. The lowest BCUT2D eigenvalue weighted by Gasteiger charge is -2.34. The summed E-state index contributed by atoms with van der Waals surface area (Å²) < 4.78 is 13.7. The number of rotatable bonds is 7. The number of aromatic nitrogens is 4. The standard InChI is InChI=1S/C36H41N5O3/c1-8-28-21-41(19-26-14-13-24-10-9-17-37-33(24)34(26)44-28)20-27-18-25(12-11-22(27)2)31(36(4,5)35(42)43-7)29-15-16-30-32(23(29)3)38-39-40(30)6/h9-18,28,31H,8,19-21H2,1-7H3/t28-,31?/m1/s1. The van der Waals surface area contributed by atoms with Crippen molar-refractivity contribution in [2.24, 2.45) is 12.5 Å². The lowest BCUT2D eigenvalue weighted by molar-refractivity contribution is -0.151. The molecule has 2 aromatic heterocycles. The SMILES string of the molecule is CC[C@@H]1CN(Cc2cc(C(c3ccc4c(nnn4C)c3C)C(C)(C)C(=O)OC)ccc2C)Cc2ccc3cccnc3c2O1. The Morgan fingerprint density at radius 3 is 2.70 bits per heavy atom. The quantitative estimate of drug-likeness (QED) is 0.196. The number of methoxy groups -OCH3 is 1. The largest absolute Gasteiger partial charge is 0.486 e. The van der Waals surface area contributed by atoms with Crippen molar-refractivity contribution in [2.45, 2.75) is 66.2 Å². The molecule has 1 unspecified atom stereocenters. The van der Waals surface area contributed by atoms with Crippen LogP contribution < -0.4 is 4.74 Å². The summed E-state index contributed by atoms with van der Waals surface area (Å²) in [6, 6.07) is 19.1. The molecule has 8 heteroatoms. The number of hydrogen-bond acceptors (Lipinski definition) is 7. The van der Waals surface area contributed by atoms with Crippen LogP contribution in [0.15, 0.2) is 60.8 Å². The van der Waals surface area contributed by atoms with Gasteiger partial charge in [0.2, 0.25) is 0 Å². The fraction of sp³-hybridized carbons (Fsp3) is 0.389. The summed E-state index contributed by atoms with van der Waals surface area (Å²) in [5, 5.41) is 9.78. The van der Waals surface area contributed by atoms with Crippen LogP contribution in [0, 0.1) is 19.3 Å². The van der Waals surface area contributed by atoms with Gasteiger partial charge in [-0.15, -0.1) is 5.10 Å². The molecule has 6 rings (SSSR count). The highest BCUT2D eigenvalue weighted by atomic mass is 16.5. The smallest absolute Gasteiger partial charge is 0.312 e. The van der Waals surface area contributed by atoms with Gasteiger partial charge in [-0.25, -0.2) is 4.68 Å². The molecule has 44 heavy (non-hydrogen) atoms. The van der Waals surface area contributed by atoms with Gasteiger partial charge in [-0.05, 0) is 74.1 Å². The molecule has 0 saturated heterocycles. The summed E-state index contributed by atoms with van der Waals surface area (Å²) in [6.07, 6.45) is 2.79. The maximum Gasteiger partial charge on any atom is 0.312 e. The van der Waals surface area contributed by atoms with Crippen LogP contribution in [0.5, 0.6) is 5.75 Å². The van der Waals surface area contributed by atoms with Crippen molar-refractivity contribution in [3.8, 4) is 5.75 Å². The summed E-state index contributed by atoms with van der Waals surface area (Å²) in [7, 11) is 3.35. The number of aryl methyl sites for hydroxylation is 3. The summed E-state index contributed by atoms with van der Waals surface area (Å²) in [5.41, 5.74) is 8.62. The van der Waals surface area contributed by atoms with E-state index in [1.54, 1.807) is 4.68 Å². The molecule has 0 radical (unpaired) electrons. The Labute approximate surface area is 259 Å². The first-order valence-electron chi connectivity index (χ1n) is 15.3. The molecule has 0 saturated carbocycles. The van der Waals surface area contributed by atoms with Crippen LogP contribution in [0.3, 0.4) is 0 Å². The van der Waals surface area contributed by atoms with Gasteiger partial charge in [0, 0.05) is 49.7 Å². The molecule has 1 aliphatic heterocycles. The van der Waals surface area contributed by atoms with Gasteiger partial charge in [-0.1, -0.05) is 54.6 Å². The van der Waals surface area contributed by atoms with Crippen LogP contribution in [0.1, 0.15) is 66.5 Å². The average molecular weight is 592 g/mol. The first-order valence-corrected chi connectivity index (χ1v) is 15.3. The minimum absolute atomic E-state index is 0.0553. The van der Waals surface area contributed by atoms with Crippen molar-refractivity contribution < 1.29 is 14.3 Å². The van der Waals surface area contributed by atoms with Gasteiger partial charge < -0.3 is 9.47 Å². The van der Waals surface area contributed by atoms with Gasteiger partial charge in [-0.2, -0.15) is 0 Å². The normalized spacial score (nSPS) is 16.4. The Morgan fingerprint density at radius 1 is 1.11 bits per heavy atom. The highest BCUT2D eigenvalue weighted by Gasteiger charge is 2.41. The second-order valence-electron chi connectivity index (χ2n) is 12.6. The van der Waals surface area contributed by atoms with Crippen LogP contribution in [-0.2, 0) is 29.7 Å². The molecule has 0 bridgehead atoms. The van der Waals surface area contributed by atoms with E-state index in [1.807, 2.05) is 39.2 Å². The van der Waals surface area contributed by atoms with E-state index >= 15 is 0 Å². The van der Waals surface area contributed by atoms with Crippen LogP contribution in [0.2, 0.25) is 0 Å². The predicted molar refractivity (Wildman–Crippen MR) is 173 cm³/mol. The molecule has 1 aliphatic rings. The molecule has 0 N–H and O–H groups in total. The molecule has 2 atom stereocenters. The van der Waals surface area contributed by atoms with Crippen LogP contribution in [0.4, 0.5) is 0 Å². The molecule has 0 amide bonds. The number of pyridine rings is 1. The van der Waals surface area contributed by atoms with Gasteiger partial charge in [0.1, 0.15) is 22.9 Å². The lowest BCUT2D eigenvalue weighted by atomic mass is 9.69. The van der Waals surface area contributed by atoms with Crippen molar-refractivity contribution in [1.82, 2.24) is 24.9 Å². The fourth-order valence-electron chi connectivity index (χ4n) is 6.76. The predicted octanol–water partition coefficient (Wildman–Crippen LogP) is 6.64. The third-order valence-corrected chi connectivity index (χ3v) is 9.33. The summed E-state index contributed by atoms with van der Waals surface area (Å²) in [4.78, 5) is 20.4. The summed E-state index contributed by atoms with van der Waals surface area (Å²) in [6.45, 7) is 12.7. The summed E-state index contributed by atoms with van der Waals surface area (Å²) in [5.74, 6) is 0.392. The second kappa shape index (κ2) is 11.7. The van der Waals surface area contributed by atoms with Gasteiger partial charge in [-0.3, -0.25) is 14.7 Å². The van der Waals surface area contributed by atoms with E-state index in [1.165, 1.54) is 18.2 Å². The average Bonchev–Trinajstić information content (AvgIpc) is 3.30. The molecule has 0 spiro atoms. The van der Waals surface area contributed by atoms with Gasteiger partial charge >= 0.3 is 5.97 Å². The van der Waals surface area contributed by atoms with E-state index in [4.69, 9.17) is 9.47 Å². The molecule has 3 heterocycles. The zero-order valence-electron chi connectivity index (χ0n) is 26.7. The van der Waals surface area contributed by atoms with E-state index in [-0.39, 0.29) is 18.0 Å². The Hall–Kier alpha value is -4.30. The maximum atomic E-state index is 13.3. The molecule has 3 aromatic carbocycles. The van der Waals surface area contributed by atoms with Crippen LogP contribution in [-0.4, -0.2) is 50.6 Å². The van der Waals surface area contributed by atoms with E-state index < -0.39 is 5.41 Å². The minimum atomic E-state index is -0.835. The number of carbonyl (C=O) groups excluding carboxylic acids is 1. The molecule has 228 valence electrons. The Balaban J connectivity index is 1.41. The maximum absolute atomic E-state index is 13.3. The Bertz CT molecular complexity index is 1860. The Morgan fingerprint density at radius 2 is 1.93 bits per heavy atom. The minimum Gasteiger partial charge on any atom is -0.486 e. The Kier molecular flexibility index (Phi) is 7.88. The molecule has 8 nitrogen and oxygen atoms in total. The van der Waals surface area contributed by atoms with Crippen molar-refractivity contribution in [2.75, 3.05) is 13.7 Å². The molecular formula is C36H41N5O3. The van der Waals surface area contributed by atoms with E-state index in [9.17, 15) is 4.79 Å². The number of carbonyl (C=O) groups is 1. The van der Waals surface area contributed by atoms with Crippen LogP contribution in [0.25, 0.3) is 21.9 Å². The zero-order chi connectivity index (χ0) is 31.2. The van der Waals surface area contributed by atoms with Crippen molar-refractivity contribution >= 4 is 27.9 Å². The van der Waals surface area contributed by atoms with Crippen LogP contribution >= 0.6 is 0 Å². The van der Waals surface area contributed by atoms with Crippen molar-refractivity contribution in [1.29, 1.82) is 0 Å². The number of ether oxygens (including phenoxy) is 2. The highest BCUT2D eigenvalue weighted by molar-refractivity contribution is 5.86. The van der Waals surface area contributed by atoms with Crippen molar-refractivity contribution in [3.05, 3.63) is 94.2 Å².